The highest BCUT2D eigenvalue weighted by atomic mass is 16.4. The van der Waals surface area contributed by atoms with Crippen LogP contribution in [0.5, 0.6) is 0 Å². The number of aliphatic carboxylic acids is 1. The first-order valence-corrected chi connectivity index (χ1v) is 4.82. The number of carbonyl (C=O) groups is 1. The van der Waals surface area contributed by atoms with E-state index in [9.17, 15) is 4.79 Å². The molecule has 0 aliphatic rings. The molecule has 0 unspecified atom stereocenters. The molecular weight excluding hydrogens is 192 g/mol. The number of aryl methyl sites for hydroxylation is 2. The van der Waals surface area contributed by atoms with E-state index >= 15 is 0 Å². The Morgan fingerprint density at radius 1 is 1.53 bits per heavy atom. The molecule has 1 N–H and O–H groups in total. The van der Waals surface area contributed by atoms with Crippen molar-refractivity contribution >= 4 is 11.5 Å². The summed E-state index contributed by atoms with van der Waals surface area (Å²) in [6.45, 7) is 1.97. The number of carboxylic acid groups (broad SMARTS) is 1. The van der Waals surface area contributed by atoms with Crippen LogP contribution in [0.4, 0.5) is 0 Å². The fourth-order valence-corrected chi connectivity index (χ4v) is 1.63. The van der Waals surface area contributed by atoms with E-state index in [4.69, 9.17) is 5.11 Å². The van der Waals surface area contributed by atoms with E-state index in [1.165, 1.54) is 0 Å². The lowest BCUT2D eigenvalue weighted by Gasteiger charge is -1.99. The summed E-state index contributed by atoms with van der Waals surface area (Å²) < 4.78 is 1.83. The predicted octanol–water partition coefficient (Wildman–Crippen LogP) is 1.66. The first-order valence-electron chi connectivity index (χ1n) is 4.82. The van der Waals surface area contributed by atoms with Gasteiger partial charge < -0.3 is 5.11 Å². The summed E-state index contributed by atoms with van der Waals surface area (Å²) >= 11 is 0. The van der Waals surface area contributed by atoms with Crippen LogP contribution in [0.15, 0.2) is 24.4 Å². The minimum absolute atomic E-state index is 0.148. The van der Waals surface area contributed by atoms with Gasteiger partial charge in [0, 0.05) is 12.1 Å². The molecule has 15 heavy (non-hydrogen) atoms. The zero-order valence-electron chi connectivity index (χ0n) is 8.47. The smallest absolute Gasteiger partial charge is 0.303 e. The average Bonchev–Trinajstić information content (AvgIpc) is 2.59. The SMILES string of the molecule is Cc1cccc2c(CCC(=O)O)cnn12. The van der Waals surface area contributed by atoms with Crippen molar-refractivity contribution < 1.29 is 9.90 Å². The van der Waals surface area contributed by atoms with Gasteiger partial charge in [-0.15, -0.1) is 0 Å². The largest absolute Gasteiger partial charge is 0.481 e. The Bertz CT molecular complexity index is 502. The topological polar surface area (TPSA) is 54.6 Å². The van der Waals surface area contributed by atoms with Gasteiger partial charge in [0.15, 0.2) is 0 Å². The number of nitrogens with zero attached hydrogens (tertiary/aromatic N) is 2. The van der Waals surface area contributed by atoms with Crippen molar-refractivity contribution in [1.29, 1.82) is 0 Å². The van der Waals surface area contributed by atoms with Crippen LogP contribution in [0.25, 0.3) is 5.52 Å². The maximum atomic E-state index is 10.5. The van der Waals surface area contributed by atoms with Crippen LogP contribution in [0.2, 0.25) is 0 Å². The lowest BCUT2D eigenvalue weighted by atomic mass is 10.1. The summed E-state index contributed by atoms with van der Waals surface area (Å²) in [4.78, 5) is 10.5. The molecular formula is C11H12N2O2. The molecule has 2 aromatic heterocycles. The zero-order valence-corrected chi connectivity index (χ0v) is 8.47. The van der Waals surface area contributed by atoms with Crippen LogP contribution in [-0.2, 0) is 11.2 Å². The first kappa shape index (κ1) is 9.71. The maximum absolute atomic E-state index is 10.5. The average molecular weight is 204 g/mol. The van der Waals surface area contributed by atoms with Crippen molar-refractivity contribution in [2.24, 2.45) is 0 Å². The zero-order chi connectivity index (χ0) is 10.8. The van der Waals surface area contributed by atoms with E-state index in [0.717, 1.165) is 16.8 Å². The molecule has 2 heterocycles. The van der Waals surface area contributed by atoms with Crippen molar-refractivity contribution in [3.05, 3.63) is 35.7 Å². The van der Waals surface area contributed by atoms with Crippen LogP contribution in [-0.4, -0.2) is 20.7 Å². The Balaban J connectivity index is 2.37. The molecule has 0 saturated heterocycles. The molecule has 0 fully saturated rings. The minimum Gasteiger partial charge on any atom is -0.481 e. The summed E-state index contributed by atoms with van der Waals surface area (Å²) in [5.41, 5.74) is 3.03. The Kier molecular flexibility index (Phi) is 2.41. The normalized spacial score (nSPS) is 10.7. The third-order valence-electron chi connectivity index (χ3n) is 2.42. The number of hydrogen-bond donors (Lipinski definition) is 1. The lowest BCUT2D eigenvalue weighted by molar-refractivity contribution is -0.136. The molecule has 0 atom stereocenters. The minimum atomic E-state index is -0.776. The molecule has 0 aliphatic heterocycles. The summed E-state index contributed by atoms with van der Waals surface area (Å²) in [6.07, 6.45) is 2.42. The van der Waals surface area contributed by atoms with E-state index in [0.29, 0.717) is 6.42 Å². The summed E-state index contributed by atoms with van der Waals surface area (Å²) in [5.74, 6) is -0.776. The van der Waals surface area contributed by atoms with Gasteiger partial charge in [0.2, 0.25) is 0 Å². The molecule has 2 aromatic rings. The third-order valence-corrected chi connectivity index (χ3v) is 2.42. The molecule has 4 heteroatoms. The van der Waals surface area contributed by atoms with E-state index in [-0.39, 0.29) is 6.42 Å². The Morgan fingerprint density at radius 3 is 3.07 bits per heavy atom. The number of fused-ring (bicyclic) bond motifs is 1. The van der Waals surface area contributed by atoms with Crippen LogP contribution in [0.1, 0.15) is 17.7 Å². The van der Waals surface area contributed by atoms with E-state index in [1.54, 1.807) is 6.20 Å². The van der Waals surface area contributed by atoms with Crippen molar-refractivity contribution in [2.75, 3.05) is 0 Å². The Hall–Kier alpha value is -1.84. The maximum Gasteiger partial charge on any atom is 0.303 e. The van der Waals surface area contributed by atoms with Crippen molar-refractivity contribution in [3.63, 3.8) is 0 Å². The summed E-state index contributed by atoms with van der Waals surface area (Å²) in [7, 11) is 0. The number of hydrogen-bond acceptors (Lipinski definition) is 2. The highest BCUT2D eigenvalue weighted by molar-refractivity contribution is 5.68. The van der Waals surface area contributed by atoms with Crippen molar-refractivity contribution in [2.45, 2.75) is 19.8 Å². The fourth-order valence-electron chi connectivity index (χ4n) is 1.63. The number of pyridine rings is 1. The van der Waals surface area contributed by atoms with Crippen LogP contribution < -0.4 is 0 Å². The molecule has 0 bridgehead atoms. The highest BCUT2D eigenvalue weighted by Gasteiger charge is 2.06. The van der Waals surface area contributed by atoms with Gasteiger partial charge in [-0.05, 0) is 31.0 Å². The summed E-state index contributed by atoms with van der Waals surface area (Å²) in [6, 6.07) is 5.88. The molecule has 4 nitrogen and oxygen atoms in total. The number of rotatable bonds is 3. The summed E-state index contributed by atoms with van der Waals surface area (Å²) in [5, 5.41) is 12.8. The Labute approximate surface area is 87.2 Å². The van der Waals surface area contributed by atoms with E-state index in [2.05, 4.69) is 5.10 Å². The van der Waals surface area contributed by atoms with Gasteiger partial charge in [-0.3, -0.25) is 4.79 Å². The third kappa shape index (κ3) is 1.83. The monoisotopic (exact) mass is 204 g/mol. The molecule has 0 saturated carbocycles. The van der Waals surface area contributed by atoms with Gasteiger partial charge in [-0.1, -0.05) is 6.07 Å². The van der Waals surface area contributed by atoms with Gasteiger partial charge >= 0.3 is 5.97 Å². The molecule has 78 valence electrons. The fraction of sp³-hybridized carbons (Fsp3) is 0.273. The molecule has 2 rings (SSSR count). The Morgan fingerprint density at radius 2 is 2.33 bits per heavy atom. The van der Waals surface area contributed by atoms with E-state index < -0.39 is 5.97 Å². The van der Waals surface area contributed by atoms with Gasteiger partial charge in [0.1, 0.15) is 0 Å². The van der Waals surface area contributed by atoms with Crippen LogP contribution in [0.3, 0.4) is 0 Å². The van der Waals surface area contributed by atoms with Gasteiger partial charge in [-0.2, -0.15) is 5.10 Å². The van der Waals surface area contributed by atoms with Crippen LogP contribution >= 0.6 is 0 Å². The molecule has 0 amide bonds. The second kappa shape index (κ2) is 3.73. The first-order chi connectivity index (χ1) is 7.18. The van der Waals surface area contributed by atoms with Gasteiger partial charge in [0.25, 0.3) is 0 Å². The van der Waals surface area contributed by atoms with Crippen molar-refractivity contribution in [3.8, 4) is 0 Å². The van der Waals surface area contributed by atoms with Gasteiger partial charge in [0.05, 0.1) is 11.7 Å². The second-order valence-corrected chi connectivity index (χ2v) is 3.53. The van der Waals surface area contributed by atoms with Crippen molar-refractivity contribution in [1.82, 2.24) is 9.61 Å². The molecule has 0 radical (unpaired) electrons. The quantitative estimate of drug-likeness (QED) is 0.827. The van der Waals surface area contributed by atoms with Crippen LogP contribution in [0, 0.1) is 6.92 Å². The molecule has 0 aliphatic carbocycles. The van der Waals surface area contributed by atoms with E-state index in [1.807, 2.05) is 29.6 Å². The van der Waals surface area contributed by atoms with Gasteiger partial charge in [-0.25, -0.2) is 4.52 Å². The number of aromatic nitrogens is 2. The highest BCUT2D eigenvalue weighted by Crippen LogP contribution is 2.13. The molecule has 0 spiro atoms. The number of carboxylic acids is 1. The molecule has 0 aromatic carbocycles. The second-order valence-electron chi connectivity index (χ2n) is 3.53. The standard InChI is InChI=1S/C11H12N2O2/c1-8-3-2-4-10-9(5-6-11(14)15)7-12-13(8)10/h2-4,7H,5-6H2,1H3,(H,14,15). The predicted molar refractivity (Wildman–Crippen MR) is 55.9 cm³/mol. The lowest BCUT2D eigenvalue weighted by Crippen LogP contribution is -1.97.